The fraction of sp³-hybridized carbons (Fsp3) is 0.0667. The highest BCUT2D eigenvalue weighted by molar-refractivity contribution is 5.80. The number of nitrogen functional groups attached to an aromatic ring is 1. The summed E-state index contributed by atoms with van der Waals surface area (Å²) in [6.45, 7) is 0.457. The summed E-state index contributed by atoms with van der Waals surface area (Å²) in [5.41, 5.74) is 7.98. The van der Waals surface area contributed by atoms with Gasteiger partial charge in [0, 0.05) is 29.3 Å². The van der Waals surface area contributed by atoms with Crippen LogP contribution in [0.4, 0.5) is 14.5 Å². The number of rotatable bonds is 2. The zero-order valence-corrected chi connectivity index (χ0v) is 10.1. The molecular formula is C15H12F2N2. The number of hydrogen-bond acceptors (Lipinski definition) is 1. The molecule has 19 heavy (non-hydrogen) atoms. The Balaban J connectivity index is 2.03. The smallest absolute Gasteiger partial charge is 0.123 e. The van der Waals surface area contributed by atoms with Crippen molar-refractivity contribution in [2.45, 2.75) is 6.54 Å². The van der Waals surface area contributed by atoms with Crippen LogP contribution in [-0.4, -0.2) is 4.57 Å². The highest BCUT2D eigenvalue weighted by Crippen LogP contribution is 2.21. The van der Waals surface area contributed by atoms with E-state index in [1.165, 1.54) is 24.3 Å². The number of nitrogens with two attached hydrogens (primary N) is 1. The number of aromatic nitrogens is 1. The maximum absolute atomic E-state index is 13.2. The molecule has 2 aromatic carbocycles. The van der Waals surface area contributed by atoms with Gasteiger partial charge in [0.1, 0.15) is 11.6 Å². The first-order valence-corrected chi connectivity index (χ1v) is 5.92. The summed E-state index contributed by atoms with van der Waals surface area (Å²) in [7, 11) is 0. The zero-order chi connectivity index (χ0) is 13.4. The summed E-state index contributed by atoms with van der Waals surface area (Å²) in [5.74, 6) is -0.581. The van der Waals surface area contributed by atoms with E-state index in [1.54, 1.807) is 12.1 Å². The molecule has 4 heteroatoms. The quantitative estimate of drug-likeness (QED) is 0.700. The minimum atomic E-state index is -0.313. The van der Waals surface area contributed by atoms with E-state index in [0.717, 1.165) is 10.9 Å². The van der Waals surface area contributed by atoms with Gasteiger partial charge < -0.3 is 10.3 Å². The number of benzene rings is 2. The van der Waals surface area contributed by atoms with E-state index in [-0.39, 0.29) is 11.6 Å². The van der Waals surface area contributed by atoms with E-state index >= 15 is 0 Å². The Hall–Kier alpha value is -2.36. The van der Waals surface area contributed by atoms with Crippen LogP contribution in [0.1, 0.15) is 5.56 Å². The predicted octanol–water partition coefficient (Wildman–Crippen LogP) is 3.55. The van der Waals surface area contributed by atoms with Gasteiger partial charge in [0.15, 0.2) is 0 Å². The van der Waals surface area contributed by atoms with Crippen LogP contribution in [0, 0.1) is 11.6 Å². The first kappa shape index (κ1) is 11.7. The van der Waals surface area contributed by atoms with Gasteiger partial charge in [0.25, 0.3) is 0 Å². The minimum Gasteiger partial charge on any atom is -0.398 e. The largest absolute Gasteiger partial charge is 0.398 e. The van der Waals surface area contributed by atoms with Crippen molar-refractivity contribution < 1.29 is 8.78 Å². The molecule has 0 spiro atoms. The van der Waals surface area contributed by atoms with Crippen LogP contribution in [0.3, 0.4) is 0 Å². The molecule has 0 saturated carbocycles. The molecule has 96 valence electrons. The molecule has 0 aliphatic heterocycles. The van der Waals surface area contributed by atoms with Crippen LogP contribution in [0.15, 0.2) is 48.7 Å². The number of anilines is 1. The maximum atomic E-state index is 13.2. The summed E-state index contributed by atoms with van der Waals surface area (Å²) in [6.07, 6.45) is 1.84. The second-order valence-corrected chi connectivity index (χ2v) is 4.49. The number of halogens is 2. The van der Waals surface area contributed by atoms with Crippen molar-refractivity contribution in [1.82, 2.24) is 4.57 Å². The lowest BCUT2D eigenvalue weighted by atomic mass is 10.1. The third kappa shape index (κ3) is 2.17. The van der Waals surface area contributed by atoms with Crippen molar-refractivity contribution in [3.63, 3.8) is 0 Å². The van der Waals surface area contributed by atoms with Crippen LogP contribution in [0.2, 0.25) is 0 Å². The van der Waals surface area contributed by atoms with Crippen LogP contribution in [0.5, 0.6) is 0 Å². The van der Waals surface area contributed by atoms with Crippen molar-refractivity contribution in [2.24, 2.45) is 0 Å². The molecule has 0 fully saturated rings. The fourth-order valence-corrected chi connectivity index (χ4v) is 2.20. The van der Waals surface area contributed by atoms with Gasteiger partial charge in [-0.3, -0.25) is 0 Å². The normalized spacial score (nSPS) is 11.1. The van der Waals surface area contributed by atoms with Crippen LogP contribution < -0.4 is 5.73 Å². The van der Waals surface area contributed by atoms with Gasteiger partial charge in [-0.25, -0.2) is 8.78 Å². The van der Waals surface area contributed by atoms with E-state index in [2.05, 4.69) is 0 Å². The Morgan fingerprint density at radius 3 is 2.53 bits per heavy atom. The maximum Gasteiger partial charge on any atom is 0.123 e. The molecule has 3 aromatic rings. The van der Waals surface area contributed by atoms with Gasteiger partial charge in [-0.15, -0.1) is 0 Å². The molecule has 1 heterocycles. The molecule has 0 atom stereocenters. The van der Waals surface area contributed by atoms with E-state index in [0.29, 0.717) is 17.8 Å². The van der Waals surface area contributed by atoms with Crippen molar-refractivity contribution in [2.75, 3.05) is 5.73 Å². The summed E-state index contributed by atoms with van der Waals surface area (Å²) < 4.78 is 28.3. The van der Waals surface area contributed by atoms with E-state index in [1.807, 2.05) is 16.8 Å². The first-order valence-electron chi connectivity index (χ1n) is 5.92. The van der Waals surface area contributed by atoms with E-state index in [9.17, 15) is 8.78 Å². The van der Waals surface area contributed by atoms with Crippen LogP contribution in [-0.2, 0) is 6.54 Å². The standard InChI is InChI=1S/C15H12F2N2/c16-12-1-3-14(18)11(8-12)9-19-6-5-10-7-13(17)2-4-15(10)19/h1-8H,9,18H2. The molecule has 0 bridgehead atoms. The molecular weight excluding hydrogens is 246 g/mol. The van der Waals surface area contributed by atoms with Gasteiger partial charge in [-0.1, -0.05) is 0 Å². The second kappa shape index (κ2) is 4.39. The summed E-state index contributed by atoms with van der Waals surface area (Å²) in [6, 6.07) is 10.7. The third-order valence-electron chi connectivity index (χ3n) is 3.18. The molecule has 0 amide bonds. The molecule has 0 radical (unpaired) electrons. The Bertz CT molecular complexity index is 747. The highest BCUT2D eigenvalue weighted by Gasteiger charge is 2.06. The van der Waals surface area contributed by atoms with Gasteiger partial charge in [-0.2, -0.15) is 0 Å². The second-order valence-electron chi connectivity index (χ2n) is 4.49. The molecule has 1 aromatic heterocycles. The van der Waals surface area contributed by atoms with Gasteiger partial charge >= 0.3 is 0 Å². The van der Waals surface area contributed by atoms with Crippen molar-refractivity contribution in [1.29, 1.82) is 0 Å². The number of hydrogen-bond donors (Lipinski definition) is 1. The molecule has 2 N–H and O–H groups in total. The average Bonchev–Trinajstić information content (AvgIpc) is 2.76. The molecule has 0 aliphatic rings. The third-order valence-corrected chi connectivity index (χ3v) is 3.18. The van der Waals surface area contributed by atoms with Crippen molar-refractivity contribution in [3.8, 4) is 0 Å². The summed E-state index contributed by atoms with van der Waals surface area (Å²) in [5, 5.41) is 0.815. The summed E-state index contributed by atoms with van der Waals surface area (Å²) >= 11 is 0. The lowest BCUT2D eigenvalue weighted by molar-refractivity contribution is 0.624. The van der Waals surface area contributed by atoms with E-state index in [4.69, 9.17) is 5.73 Å². The molecule has 2 nitrogen and oxygen atoms in total. The Morgan fingerprint density at radius 1 is 0.947 bits per heavy atom. The highest BCUT2D eigenvalue weighted by atomic mass is 19.1. The van der Waals surface area contributed by atoms with Crippen LogP contribution >= 0.6 is 0 Å². The Morgan fingerprint density at radius 2 is 1.68 bits per heavy atom. The monoisotopic (exact) mass is 258 g/mol. The van der Waals surface area contributed by atoms with Crippen molar-refractivity contribution >= 4 is 16.6 Å². The first-order chi connectivity index (χ1) is 9.13. The van der Waals surface area contributed by atoms with Gasteiger partial charge in [0.2, 0.25) is 0 Å². The summed E-state index contributed by atoms with van der Waals surface area (Å²) in [4.78, 5) is 0. The SMILES string of the molecule is Nc1ccc(F)cc1Cn1ccc2cc(F)ccc21. The lowest BCUT2D eigenvalue weighted by Crippen LogP contribution is -2.02. The molecule has 3 rings (SSSR count). The topological polar surface area (TPSA) is 30.9 Å². The van der Waals surface area contributed by atoms with E-state index < -0.39 is 0 Å². The molecule has 0 saturated heterocycles. The van der Waals surface area contributed by atoms with Gasteiger partial charge in [0.05, 0.1) is 0 Å². The minimum absolute atomic E-state index is 0.268. The number of fused-ring (bicyclic) bond motifs is 1. The Kier molecular flexibility index (Phi) is 2.71. The van der Waals surface area contributed by atoms with Crippen molar-refractivity contribution in [3.05, 3.63) is 65.9 Å². The number of nitrogens with zero attached hydrogens (tertiary/aromatic N) is 1. The fourth-order valence-electron chi connectivity index (χ4n) is 2.20. The predicted molar refractivity (Wildman–Crippen MR) is 71.8 cm³/mol. The van der Waals surface area contributed by atoms with Gasteiger partial charge in [-0.05, 0) is 48.0 Å². The molecule has 0 unspecified atom stereocenters. The Labute approximate surface area is 109 Å². The average molecular weight is 258 g/mol. The zero-order valence-electron chi connectivity index (χ0n) is 10.1. The lowest BCUT2D eigenvalue weighted by Gasteiger charge is -2.08. The van der Waals surface area contributed by atoms with Crippen LogP contribution in [0.25, 0.3) is 10.9 Å². The molecule has 0 aliphatic carbocycles.